The Bertz CT molecular complexity index is 381. The van der Waals surface area contributed by atoms with E-state index in [2.05, 4.69) is 28.4 Å². The number of nitrogens with zero attached hydrogens (tertiary/aromatic N) is 1. The lowest BCUT2D eigenvalue weighted by Crippen LogP contribution is -2.29. The van der Waals surface area contributed by atoms with E-state index in [0.29, 0.717) is 0 Å². The van der Waals surface area contributed by atoms with Gasteiger partial charge >= 0.3 is 0 Å². The molecule has 1 aromatic rings. The zero-order valence-corrected chi connectivity index (χ0v) is 10.5. The number of nitrogens with one attached hydrogen (secondary N) is 1. The summed E-state index contributed by atoms with van der Waals surface area (Å²) in [4.78, 5) is 2.59. The number of hydrogen-bond acceptors (Lipinski definition) is 2. The summed E-state index contributed by atoms with van der Waals surface area (Å²) in [6, 6.07) is 7.00. The van der Waals surface area contributed by atoms with Gasteiger partial charge in [0.25, 0.3) is 0 Å². The van der Waals surface area contributed by atoms with Crippen LogP contribution in [0.15, 0.2) is 18.2 Å². The average molecular weight is 230 g/mol. The van der Waals surface area contributed by atoms with Crippen LogP contribution in [0.4, 0.5) is 5.69 Å². The second-order valence-electron chi connectivity index (χ2n) is 5.36. The number of likely N-dealkylation sites (tertiary alicyclic amines) is 1. The second-order valence-corrected chi connectivity index (χ2v) is 5.36. The molecule has 1 N–H and O–H groups in total. The summed E-state index contributed by atoms with van der Waals surface area (Å²) in [5.41, 5.74) is 4.35. The largest absolute Gasteiger partial charge is 0.385 e. The smallest absolute Gasteiger partial charge is 0.0375 e. The highest BCUT2D eigenvalue weighted by Gasteiger charge is 2.12. The fourth-order valence-corrected chi connectivity index (χ4v) is 2.98. The van der Waals surface area contributed by atoms with Gasteiger partial charge in [-0.05, 0) is 56.0 Å². The van der Waals surface area contributed by atoms with Crippen molar-refractivity contribution in [1.82, 2.24) is 4.90 Å². The van der Waals surface area contributed by atoms with Crippen molar-refractivity contribution in [1.29, 1.82) is 0 Å². The van der Waals surface area contributed by atoms with Gasteiger partial charge in [0.2, 0.25) is 0 Å². The van der Waals surface area contributed by atoms with Crippen molar-refractivity contribution < 1.29 is 0 Å². The van der Waals surface area contributed by atoms with Gasteiger partial charge < -0.3 is 5.32 Å². The van der Waals surface area contributed by atoms with Crippen LogP contribution in [0.1, 0.15) is 36.8 Å². The Labute approximate surface area is 104 Å². The van der Waals surface area contributed by atoms with Crippen molar-refractivity contribution in [3.8, 4) is 0 Å². The maximum Gasteiger partial charge on any atom is 0.0375 e. The average Bonchev–Trinajstić information content (AvgIpc) is 2.40. The van der Waals surface area contributed by atoms with Crippen molar-refractivity contribution in [2.45, 2.75) is 38.6 Å². The summed E-state index contributed by atoms with van der Waals surface area (Å²) >= 11 is 0. The number of piperidine rings is 1. The third-order valence-corrected chi connectivity index (χ3v) is 3.97. The van der Waals surface area contributed by atoms with E-state index in [-0.39, 0.29) is 0 Å². The van der Waals surface area contributed by atoms with Crippen LogP contribution >= 0.6 is 0 Å². The molecule has 0 unspecified atom stereocenters. The van der Waals surface area contributed by atoms with Crippen molar-refractivity contribution in [3.05, 3.63) is 29.3 Å². The van der Waals surface area contributed by atoms with E-state index in [1.807, 2.05) is 0 Å². The Kier molecular flexibility index (Phi) is 3.32. The van der Waals surface area contributed by atoms with Crippen LogP contribution < -0.4 is 5.32 Å². The van der Waals surface area contributed by atoms with Crippen LogP contribution in [0, 0.1) is 0 Å². The fourth-order valence-electron chi connectivity index (χ4n) is 2.98. The maximum atomic E-state index is 3.52. The molecule has 2 heterocycles. The van der Waals surface area contributed by atoms with Crippen molar-refractivity contribution in [2.24, 2.45) is 0 Å². The highest BCUT2D eigenvalue weighted by atomic mass is 15.1. The van der Waals surface area contributed by atoms with Crippen LogP contribution in [0.25, 0.3) is 0 Å². The molecule has 0 amide bonds. The van der Waals surface area contributed by atoms with Gasteiger partial charge in [-0.1, -0.05) is 18.6 Å². The first-order chi connectivity index (χ1) is 8.42. The third kappa shape index (κ3) is 2.63. The van der Waals surface area contributed by atoms with E-state index in [4.69, 9.17) is 0 Å². The minimum atomic E-state index is 1.13. The van der Waals surface area contributed by atoms with Gasteiger partial charge in [-0.15, -0.1) is 0 Å². The molecule has 92 valence electrons. The lowest BCUT2D eigenvalue weighted by atomic mass is 10.0. The molecule has 0 spiro atoms. The molecule has 2 aliphatic rings. The molecule has 17 heavy (non-hydrogen) atoms. The summed E-state index contributed by atoms with van der Waals surface area (Å²) < 4.78 is 0. The Morgan fingerprint density at radius 2 is 1.94 bits per heavy atom. The Balaban J connectivity index is 1.70. The maximum absolute atomic E-state index is 3.52. The van der Waals surface area contributed by atoms with Gasteiger partial charge in [0.15, 0.2) is 0 Å². The monoisotopic (exact) mass is 230 g/mol. The molecule has 0 saturated carbocycles. The number of hydrogen-bond donors (Lipinski definition) is 1. The quantitative estimate of drug-likeness (QED) is 0.840. The van der Waals surface area contributed by atoms with Gasteiger partial charge in [0.05, 0.1) is 0 Å². The van der Waals surface area contributed by atoms with Crippen molar-refractivity contribution in [2.75, 3.05) is 25.0 Å². The molecule has 1 fully saturated rings. The number of anilines is 1. The van der Waals surface area contributed by atoms with Gasteiger partial charge in [-0.2, -0.15) is 0 Å². The lowest BCUT2D eigenvalue weighted by molar-refractivity contribution is 0.221. The minimum Gasteiger partial charge on any atom is -0.385 e. The molecular formula is C15H22N2. The van der Waals surface area contributed by atoms with Gasteiger partial charge in [0, 0.05) is 18.8 Å². The first-order valence-electron chi connectivity index (χ1n) is 7.00. The third-order valence-electron chi connectivity index (χ3n) is 3.97. The molecule has 3 rings (SSSR count). The Hall–Kier alpha value is -1.02. The van der Waals surface area contributed by atoms with Crippen molar-refractivity contribution >= 4 is 5.69 Å². The molecule has 0 bridgehead atoms. The zero-order valence-electron chi connectivity index (χ0n) is 10.5. The van der Waals surface area contributed by atoms with Crippen molar-refractivity contribution in [3.63, 3.8) is 0 Å². The molecule has 2 heteroatoms. The van der Waals surface area contributed by atoms with Crippen LogP contribution in [0.2, 0.25) is 0 Å². The summed E-state index contributed by atoms with van der Waals surface area (Å²) in [5, 5.41) is 3.52. The molecule has 1 aromatic carbocycles. The number of aryl methyl sites for hydroxylation is 1. The van der Waals surface area contributed by atoms with E-state index < -0.39 is 0 Å². The lowest BCUT2D eigenvalue weighted by Gasteiger charge is -2.27. The first kappa shape index (κ1) is 11.1. The SMILES string of the molecule is c1cc2c(cc1CN1CCCCC1)NCCC2. The Morgan fingerprint density at radius 3 is 2.82 bits per heavy atom. The normalized spacial score (nSPS) is 20.7. The van der Waals surface area contributed by atoms with Gasteiger partial charge in [-0.3, -0.25) is 4.90 Å². The highest BCUT2D eigenvalue weighted by Crippen LogP contribution is 2.24. The molecule has 0 radical (unpaired) electrons. The summed E-state index contributed by atoms with van der Waals surface area (Å²) in [6.45, 7) is 4.84. The summed E-state index contributed by atoms with van der Waals surface area (Å²) in [5.74, 6) is 0. The predicted molar refractivity (Wildman–Crippen MR) is 72.4 cm³/mol. The zero-order chi connectivity index (χ0) is 11.5. The fraction of sp³-hybridized carbons (Fsp3) is 0.600. The topological polar surface area (TPSA) is 15.3 Å². The van der Waals surface area contributed by atoms with Crippen LogP contribution in [-0.4, -0.2) is 24.5 Å². The van der Waals surface area contributed by atoms with Gasteiger partial charge in [0.1, 0.15) is 0 Å². The molecule has 2 nitrogen and oxygen atoms in total. The number of rotatable bonds is 2. The van der Waals surface area contributed by atoms with E-state index in [0.717, 1.165) is 13.1 Å². The van der Waals surface area contributed by atoms with E-state index in [1.165, 1.54) is 62.0 Å². The highest BCUT2D eigenvalue weighted by molar-refractivity contribution is 5.54. The summed E-state index contributed by atoms with van der Waals surface area (Å²) in [7, 11) is 0. The second kappa shape index (κ2) is 5.09. The van der Waals surface area contributed by atoms with E-state index in [1.54, 1.807) is 0 Å². The standard InChI is InChI=1S/C15H22N2/c1-2-9-17(10-3-1)12-13-6-7-14-5-4-8-16-15(14)11-13/h6-7,11,16H,1-5,8-10,12H2. The number of benzene rings is 1. The van der Waals surface area contributed by atoms with Crippen LogP contribution in [-0.2, 0) is 13.0 Å². The molecule has 2 aliphatic heterocycles. The molecule has 0 aliphatic carbocycles. The Morgan fingerprint density at radius 1 is 1.06 bits per heavy atom. The van der Waals surface area contributed by atoms with E-state index >= 15 is 0 Å². The van der Waals surface area contributed by atoms with E-state index in [9.17, 15) is 0 Å². The van der Waals surface area contributed by atoms with Crippen LogP contribution in [0.3, 0.4) is 0 Å². The molecule has 0 aromatic heterocycles. The van der Waals surface area contributed by atoms with Crippen LogP contribution in [0.5, 0.6) is 0 Å². The molecule has 0 atom stereocenters. The predicted octanol–water partition coefficient (Wildman–Crippen LogP) is 3.03. The first-order valence-corrected chi connectivity index (χ1v) is 7.00. The molecular weight excluding hydrogens is 208 g/mol. The minimum absolute atomic E-state index is 1.13. The summed E-state index contributed by atoms with van der Waals surface area (Å²) in [6.07, 6.45) is 6.69. The molecule has 1 saturated heterocycles. The number of fused-ring (bicyclic) bond motifs is 1. The van der Waals surface area contributed by atoms with Gasteiger partial charge in [-0.25, -0.2) is 0 Å².